The van der Waals surface area contributed by atoms with Crippen LogP contribution in [0.4, 0.5) is 5.69 Å². The molecule has 0 unspecified atom stereocenters. The fraction of sp³-hybridized carbons (Fsp3) is 0.389. The number of benzene rings is 3. The summed E-state index contributed by atoms with van der Waals surface area (Å²) in [7, 11) is 3.94. The summed E-state index contributed by atoms with van der Waals surface area (Å²) in [6, 6.07) is 20.1. The lowest BCUT2D eigenvalue weighted by Crippen LogP contribution is -2.48. The van der Waals surface area contributed by atoms with Crippen molar-refractivity contribution in [3.05, 3.63) is 83.4 Å². The van der Waals surface area contributed by atoms with E-state index in [0.29, 0.717) is 42.5 Å². The Morgan fingerprint density at radius 3 is 2.29 bits per heavy atom. The number of carbonyl (C=O) groups excluding carboxylic acids is 3. The van der Waals surface area contributed by atoms with Crippen LogP contribution in [0, 0.1) is 18.8 Å². The second kappa shape index (κ2) is 16.2. The lowest BCUT2D eigenvalue weighted by Gasteiger charge is -2.28. The number of tetrazole rings is 1. The molecule has 1 atom stereocenters. The van der Waals surface area contributed by atoms with E-state index in [1.54, 1.807) is 24.3 Å². The van der Waals surface area contributed by atoms with Crippen LogP contribution in [-0.2, 0) is 16.0 Å². The van der Waals surface area contributed by atoms with Crippen molar-refractivity contribution in [1.29, 1.82) is 0 Å². The summed E-state index contributed by atoms with van der Waals surface area (Å²) in [4.78, 5) is 41.7. The van der Waals surface area contributed by atoms with Gasteiger partial charge in [0.25, 0.3) is 5.91 Å². The van der Waals surface area contributed by atoms with Gasteiger partial charge in [0.15, 0.2) is 0 Å². The van der Waals surface area contributed by atoms with Crippen molar-refractivity contribution in [3.63, 3.8) is 0 Å². The van der Waals surface area contributed by atoms with Gasteiger partial charge in [-0.1, -0.05) is 30.3 Å². The number of aryl methyl sites for hydroxylation is 1. The fourth-order valence-electron chi connectivity index (χ4n) is 6.06. The van der Waals surface area contributed by atoms with E-state index in [9.17, 15) is 14.4 Å². The molecular formula is C36H45N9O3. The van der Waals surface area contributed by atoms with Crippen LogP contribution in [0.25, 0.3) is 22.5 Å². The Kier molecular flexibility index (Phi) is 11.6. The summed E-state index contributed by atoms with van der Waals surface area (Å²) < 4.78 is 0. The predicted octanol–water partition coefficient (Wildman–Crippen LogP) is 3.56. The second-order valence-corrected chi connectivity index (χ2v) is 12.8. The minimum atomic E-state index is -0.778. The molecule has 1 aliphatic rings. The van der Waals surface area contributed by atoms with Gasteiger partial charge in [0.2, 0.25) is 17.6 Å². The Labute approximate surface area is 281 Å². The summed E-state index contributed by atoms with van der Waals surface area (Å²) >= 11 is 0. The monoisotopic (exact) mass is 651 g/mol. The number of aromatic nitrogens is 4. The molecule has 5 rings (SSSR count). The summed E-state index contributed by atoms with van der Waals surface area (Å²) in [5.74, 6) is 0.274. The van der Waals surface area contributed by atoms with Crippen molar-refractivity contribution < 1.29 is 14.4 Å². The number of amides is 3. The molecular weight excluding hydrogens is 606 g/mol. The molecule has 12 nitrogen and oxygen atoms in total. The zero-order valence-electron chi connectivity index (χ0n) is 27.8. The Bertz CT molecular complexity index is 1660. The first kappa shape index (κ1) is 34.4. The lowest BCUT2D eigenvalue weighted by molar-refractivity contribution is -0.130. The Morgan fingerprint density at radius 1 is 0.958 bits per heavy atom. The molecule has 1 saturated carbocycles. The van der Waals surface area contributed by atoms with Gasteiger partial charge in [-0.2, -0.15) is 5.21 Å². The molecule has 0 bridgehead atoms. The number of carbonyl (C=O) groups is 3. The average Bonchev–Trinajstić information content (AvgIpc) is 3.64. The molecule has 0 aliphatic heterocycles. The van der Waals surface area contributed by atoms with Gasteiger partial charge in [-0.25, -0.2) is 0 Å². The average molecular weight is 652 g/mol. The van der Waals surface area contributed by atoms with Gasteiger partial charge in [-0.3, -0.25) is 14.4 Å². The van der Waals surface area contributed by atoms with E-state index < -0.39 is 6.04 Å². The molecule has 252 valence electrons. The topological polar surface area (TPSA) is 171 Å². The quantitative estimate of drug-likeness (QED) is 0.146. The Hall–Kier alpha value is -4.94. The fourth-order valence-corrected chi connectivity index (χ4v) is 6.06. The number of likely N-dealkylation sites (N-methyl/N-ethyl adjacent to an activating group) is 1. The molecule has 12 heteroatoms. The van der Waals surface area contributed by atoms with Crippen LogP contribution in [0.1, 0.15) is 47.2 Å². The van der Waals surface area contributed by atoms with E-state index in [0.717, 1.165) is 60.0 Å². The van der Waals surface area contributed by atoms with Crippen LogP contribution in [-0.4, -0.2) is 83.0 Å². The highest BCUT2D eigenvalue weighted by Gasteiger charge is 2.29. The van der Waals surface area contributed by atoms with Crippen molar-refractivity contribution in [2.24, 2.45) is 17.6 Å². The van der Waals surface area contributed by atoms with E-state index >= 15 is 0 Å². The number of hydrogen-bond acceptors (Lipinski definition) is 8. The van der Waals surface area contributed by atoms with Crippen molar-refractivity contribution in [2.45, 2.75) is 45.1 Å². The summed E-state index contributed by atoms with van der Waals surface area (Å²) in [6.45, 7) is 3.98. The van der Waals surface area contributed by atoms with Gasteiger partial charge in [0.1, 0.15) is 6.04 Å². The summed E-state index contributed by atoms with van der Waals surface area (Å²) in [5.41, 5.74) is 11.7. The highest BCUT2D eigenvalue weighted by atomic mass is 16.2. The first-order valence-corrected chi connectivity index (χ1v) is 16.5. The molecule has 1 heterocycles. The Morgan fingerprint density at radius 2 is 1.67 bits per heavy atom. The first-order chi connectivity index (χ1) is 23.2. The van der Waals surface area contributed by atoms with Crippen molar-refractivity contribution in [1.82, 2.24) is 36.2 Å². The molecule has 0 radical (unpaired) electrons. The zero-order chi connectivity index (χ0) is 34.0. The molecule has 0 spiro atoms. The number of nitrogens with one attached hydrogen (secondary N) is 4. The third-order valence-electron chi connectivity index (χ3n) is 8.98. The first-order valence-electron chi connectivity index (χ1n) is 16.5. The molecule has 3 amide bonds. The number of aromatic amines is 1. The van der Waals surface area contributed by atoms with Crippen LogP contribution in [0.3, 0.4) is 0 Å². The molecule has 1 aliphatic carbocycles. The summed E-state index contributed by atoms with van der Waals surface area (Å²) in [6.07, 6.45) is 3.69. The minimum absolute atomic E-state index is 0.0939. The van der Waals surface area contributed by atoms with Gasteiger partial charge in [0, 0.05) is 42.2 Å². The normalized spacial score (nSPS) is 16.7. The van der Waals surface area contributed by atoms with E-state index in [4.69, 9.17) is 5.73 Å². The molecule has 1 fully saturated rings. The SMILES string of the molecule is Cc1cc(C(=O)NCCN(C)C)ccc1-c1ccc(C[C@H](NC(=O)C2CCC(CN)CC2)C(=O)Nc2ccc(-c3nn[nH]n3)cc2)cc1. The van der Waals surface area contributed by atoms with Crippen LogP contribution in [0.2, 0.25) is 0 Å². The number of anilines is 1. The smallest absolute Gasteiger partial charge is 0.251 e. The number of rotatable bonds is 13. The van der Waals surface area contributed by atoms with E-state index in [1.165, 1.54) is 0 Å². The van der Waals surface area contributed by atoms with Crippen molar-refractivity contribution >= 4 is 23.4 Å². The Balaban J connectivity index is 1.28. The highest BCUT2D eigenvalue weighted by Crippen LogP contribution is 2.29. The van der Waals surface area contributed by atoms with Crippen LogP contribution < -0.4 is 21.7 Å². The maximum Gasteiger partial charge on any atom is 0.251 e. The van der Waals surface area contributed by atoms with E-state index in [2.05, 4.69) is 36.6 Å². The maximum absolute atomic E-state index is 13.6. The highest BCUT2D eigenvalue weighted by molar-refractivity contribution is 5.98. The van der Waals surface area contributed by atoms with Crippen molar-refractivity contribution in [3.8, 4) is 22.5 Å². The molecule has 1 aromatic heterocycles. The third kappa shape index (κ3) is 9.11. The maximum atomic E-state index is 13.6. The third-order valence-corrected chi connectivity index (χ3v) is 8.98. The van der Waals surface area contributed by atoms with E-state index in [1.807, 2.05) is 68.4 Å². The molecule has 48 heavy (non-hydrogen) atoms. The number of nitrogens with zero attached hydrogens (tertiary/aromatic N) is 4. The number of nitrogens with two attached hydrogens (primary N) is 1. The van der Waals surface area contributed by atoms with Crippen LogP contribution in [0.5, 0.6) is 0 Å². The van der Waals surface area contributed by atoms with Crippen LogP contribution >= 0.6 is 0 Å². The van der Waals surface area contributed by atoms with Gasteiger partial charge >= 0.3 is 0 Å². The largest absolute Gasteiger partial charge is 0.351 e. The predicted molar refractivity (Wildman–Crippen MR) is 186 cm³/mol. The number of hydrogen-bond donors (Lipinski definition) is 5. The second-order valence-electron chi connectivity index (χ2n) is 12.8. The van der Waals surface area contributed by atoms with Crippen molar-refractivity contribution in [2.75, 3.05) is 39.0 Å². The van der Waals surface area contributed by atoms with Gasteiger partial charge in [-0.15, -0.1) is 10.2 Å². The minimum Gasteiger partial charge on any atom is -0.351 e. The van der Waals surface area contributed by atoms with Gasteiger partial charge in [-0.05, 0) is 123 Å². The van der Waals surface area contributed by atoms with Gasteiger partial charge in [0.05, 0.1) is 0 Å². The van der Waals surface area contributed by atoms with E-state index in [-0.39, 0.29) is 23.6 Å². The molecule has 3 aromatic carbocycles. The van der Waals surface area contributed by atoms with Gasteiger partial charge < -0.3 is 26.6 Å². The molecule has 0 saturated heterocycles. The molecule has 6 N–H and O–H groups in total. The van der Waals surface area contributed by atoms with Crippen LogP contribution in [0.15, 0.2) is 66.7 Å². The summed E-state index contributed by atoms with van der Waals surface area (Å²) in [5, 5.41) is 23.0. The standard InChI is InChI=1S/C36H45N9O3/c1-23-20-29(34(46)38-18-19-45(2)3)14-17-31(23)26-8-4-24(5-9-26)21-32(40-35(47)28-10-6-25(22-37)7-11-28)36(48)39-30-15-12-27(13-16-30)33-41-43-44-42-33/h4-5,8-9,12-17,20,25,28,32H,6-7,10-11,18-19,21-22,37H2,1-3H3,(H,38,46)(H,39,48)(H,40,47)(H,41,42,43,44)/t25?,28?,32-/m0/s1. The lowest BCUT2D eigenvalue weighted by atomic mass is 9.81. The molecule has 4 aromatic rings. The zero-order valence-corrected chi connectivity index (χ0v) is 27.8. The number of H-pyrrole nitrogens is 1.